The second kappa shape index (κ2) is 8.83. The highest BCUT2D eigenvalue weighted by Gasteiger charge is 2.55. The standard InChI is InChI=1S/C17H33NO4Si/c1-7-11-12-21-17(20)18-14(13(5)6)15(16(18)19)22-23(8-2,9-3)10-4/h13-15H,7-12H2,1-6H3/t14-,15+/m0/s1. The number of hydrogen-bond acceptors (Lipinski definition) is 4. The third-order valence-corrected chi connectivity index (χ3v) is 9.62. The molecule has 1 saturated heterocycles. The van der Waals surface area contributed by atoms with Crippen LogP contribution in [0.25, 0.3) is 0 Å². The van der Waals surface area contributed by atoms with Crippen molar-refractivity contribution in [2.24, 2.45) is 5.92 Å². The normalized spacial score (nSPS) is 21.5. The zero-order chi connectivity index (χ0) is 17.6. The van der Waals surface area contributed by atoms with E-state index in [2.05, 4.69) is 20.8 Å². The first-order chi connectivity index (χ1) is 10.9. The number of ether oxygens (including phenoxy) is 1. The van der Waals surface area contributed by atoms with E-state index >= 15 is 0 Å². The number of imide groups is 1. The lowest BCUT2D eigenvalue weighted by Gasteiger charge is -2.49. The molecule has 1 heterocycles. The van der Waals surface area contributed by atoms with Crippen LogP contribution in [0.5, 0.6) is 0 Å². The summed E-state index contributed by atoms with van der Waals surface area (Å²) in [4.78, 5) is 26.0. The highest BCUT2D eigenvalue weighted by Crippen LogP contribution is 2.35. The van der Waals surface area contributed by atoms with Crippen LogP contribution < -0.4 is 0 Å². The molecule has 1 aliphatic heterocycles. The van der Waals surface area contributed by atoms with Crippen molar-refractivity contribution in [2.75, 3.05) is 6.61 Å². The smallest absolute Gasteiger partial charge is 0.416 e. The highest BCUT2D eigenvalue weighted by atomic mass is 28.4. The molecular formula is C17H33NO4Si. The summed E-state index contributed by atoms with van der Waals surface area (Å²) in [5.74, 6) is -0.0638. The number of β-lactam (4-membered cyclic amide) rings is 1. The molecule has 0 unspecified atom stereocenters. The Balaban J connectivity index is 2.80. The lowest BCUT2D eigenvalue weighted by atomic mass is 9.89. The summed E-state index contributed by atoms with van der Waals surface area (Å²) < 4.78 is 11.6. The molecule has 0 spiro atoms. The van der Waals surface area contributed by atoms with Crippen molar-refractivity contribution in [1.82, 2.24) is 4.90 Å². The molecule has 0 aromatic carbocycles. The maximum absolute atomic E-state index is 12.5. The number of rotatable bonds is 9. The van der Waals surface area contributed by atoms with Gasteiger partial charge in [0.05, 0.1) is 12.6 Å². The van der Waals surface area contributed by atoms with Crippen LogP contribution in [-0.2, 0) is 14.0 Å². The van der Waals surface area contributed by atoms with Crippen LogP contribution in [0.3, 0.4) is 0 Å². The molecule has 0 aliphatic carbocycles. The lowest BCUT2D eigenvalue weighted by molar-refractivity contribution is -0.163. The minimum absolute atomic E-state index is 0.161. The van der Waals surface area contributed by atoms with Gasteiger partial charge in [-0.15, -0.1) is 0 Å². The second-order valence-electron chi connectivity index (χ2n) is 6.69. The number of carbonyl (C=O) groups excluding carboxylic acids is 2. The van der Waals surface area contributed by atoms with Gasteiger partial charge in [-0.05, 0) is 30.5 Å². The Kier molecular flexibility index (Phi) is 7.74. The number of amides is 2. The predicted molar refractivity (Wildman–Crippen MR) is 93.8 cm³/mol. The van der Waals surface area contributed by atoms with Crippen LogP contribution in [0.2, 0.25) is 18.1 Å². The van der Waals surface area contributed by atoms with Crippen molar-refractivity contribution in [3.8, 4) is 0 Å². The van der Waals surface area contributed by atoms with E-state index in [1.54, 1.807) is 0 Å². The van der Waals surface area contributed by atoms with Gasteiger partial charge < -0.3 is 9.16 Å². The number of carbonyl (C=O) groups is 2. The number of likely N-dealkylation sites (tertiary alicyclic amines) is 1. The Morgan fingerprint density at radius 2 is 1.74 bits per heavy atom. The van der Waals surface area contributed by atoms with Gasteiger partial charge in [0, 0.05) is 0 Å². The molecule has 0 N–H and O–H groups in total. The third-order valence-electron chi connectivity index (χ3n) is 5.00. The van der Waals surface area contributed by atoms with E-state index in [0.717, 1.165) is 31.0 Å². The summed E-state index contributed by atoms with van der Waals surface area (Å²) in [6.07, 6.45) is 0.787. The van der Waals surface area contributed by atoms with Gasteiger partial charge >= 0.3 is 6.09 Å². The van der Waals surface area contributed by atoms with E-state index in [1.165, 1.54) is 4.90 Å². The van der Waals surface area contributed by atoms with Gasteiger partial charge in [-0.3, -0.25) is 4.79 Å². The minimum Gasteiger partial charge on any atom is -0.449 e. The molecule has 1 fully saturated rings. The topological polar surface area (TPSA) is 55.8 Å². The molecule has 1 aliphatic rings. The van der Waals surface area contributed by atoms with Gasteiger partial charge in [0.2, 0.25) is 0 Å². The van der Waals surface area contributed by atoms with Crippen molar-refractivity contribution in [3.63, 3.8) is 0 Å². The van der Waals surface area contributed by atoms with Gasteiger partial charge in [0.1, 0.15) is 6.10 Å². The summed E-state index contributed by atoms with van der Waals surface area (Å²) in [7, 11) is -1.87. The van der Waals surface area contributed by atoms with Crippen LogP contribution in [0, 0.1) is 5.92 Å². The number of hydrogen-bond donors (Lipinski definition) is 0. The number of nitrogens with zero attached hydrogens (tertiary/aromatic N) is 1. The average molecular weight is 344 g/mol. The molecular weight excluding hydrogens is 310 g/mol. The Bertz CT molecular complexity index is 401. The first kappa shape index (κ1) is 20.2. The van der Waals surface area contributed by atoms with Gasteiger partial charge in [-0.2, -0.15) is 0 Å². The fraction of sp³-hybridized carbons (Fsp3) is 0.882. The summed E-state index contributed by atoms with van der Waals surface area (Å²) in [5, 5.41) is 0. The summed E-state index contributed by atoms with van der Waals surface area (Å²) in [5.41, 5.74) is 0. The van der Waals surface area contributed by atoms with Crippen molar-refractivity contribution in [2.45, 2.75) is 84.7 Å². The molecule has 0 saturated carbocycles. The summed E-state index contributed by atoms with van der Waals surface area (Å²) in [6.45, 7) is 12.9. The van der Waals surface area contributed by atoms with E-state index < -0.39 is 20.5 Å². The van der Waals surface area contributed by atoms with E-state index in [-0.39, 0.29) is 17.9 Å². The van der Waals surface area contributed by atoms with Crippen LogP contribution in [0.4, 0.5) is 4.79 Å². The van der Waals surface area contributed by atoms with Gasteiger partial charge in [0.15, 0.2) is 8.32 Å². The quantitative estimate of drug-likeness (QED) is 0.358. The Hall–Kier alpha value is -0.883. The molecule has 0 radical (unpaired) electrons. The Labute approximate surface area is 141 Å². The van der Waals surface area contributed by atoms with E-state index in [9.17, 15) is 9.59 Å². The fourth-order valence-corrected chi connectivity index (χ4v) is 5.88. The van der Waals surface area contributed by atoms with E-state index in [1.807, 2.05) is 20.8 Å². The zero-order valence-corrected chi connectivity index (χ0v) is 16.6. The van der Waals surface area contributed by atoms with E-state index in [4.69, 9.17) is 9.16 Å². The minimum atomic E-state index is -1.87. The fourth-order valence-electron chi connectivity index (χ4n) is 3.11. The van der Waals surface area contributed by atoms with Crippen molar-refractivity contribution < 1.29 is 18.8 Å². The average Bonchev–Trinajstić information content (AvgIpc) is 2.53. The van der Waals surface area contributed by atoms with Crippen molar-refractivity contribution >= 4 is 20.3 Å². The SMILES string of the molecule is CCCCOC(=O)N1C(=O)[C@H](O[Si](CC)(CC)CC)[C@@H]1C(C)C. The van der Waals surface area contributed by atoms with Gasteiger partial charge in [-0.25, -0.2) is 9.69 Å². The first-order valence-electron chi connectivity index (χ1n) is 9.05. The van der Waals surface area contributed by atoms with Crippen molar-refractivity contribution in [3.05, 3.63) is 0 Å². The third kappa shape index (κ3) is 4.35. The predicted octanol–water partition coefficient (Wildman–Crippen LogP) is 4.18. The van der Waals surface area contributed by atoms with Gasteiger partial charge in [-0.1, -0.05) is 48.0 Å². The Morgan fingerprint density at radius 3 is 2.17 bits per heavy atom. The highest BCUT2D eigenvalue weighted by molar-refractivity contribution is 6.73. The molecule has 0 aromatic heterocycles. The first-order valence-corrected chi connectivity index (χ1v) is 11.6. The van der Waals surface area contributed by atoms with Crippen LogP contribution in [0.15, 0.2) is 0 Å². The Morgan fingerprint density at radius 1 is 1.17 bits per heavy atom. The molecule has 0 bridgehead atoms. The van der Waals surface area contributed by atoms with Crippen molar-refractivity contribution in [1.29, 1.82) is 0 Å². The molecule has 23 heavy (non-hydrogen) atoms. The van der Waals surface area contributed by atoms with Crippen LogP contribution in [0.1, 0.15) is 54.4 Å². The zero-order valence-electron chi connectivity index (χ0n) is 15.6. The lowest BCUT2D eigenvalue weighted by Crippen LogP contribution is -2.71. The molecule has 5 nitrogen and oxygen atoms in total. The summed E-state index contributed by atoms with van der Waals surface area (Å²) >= 11 is 0. The number of unbranched alkanes of at least 4 members (excludes halogenated alkanes) is 1. The maximum Gasteiger partial charge on any atom is 0.416 e. The van der Waals surface area contributed by atoms with E-state index in [0.29, 0.717) is 6.61 Å². The molecule has 134 valence electrons. The molecule has 2 atom stereocenters. The molecule has 6 heteroatoms. The maximum atomic E-state index is 12.5. The molecule has 2 amide bonds. The monoisotopic (exact) mass is 343 g/mol. The van der Waals surface area contributed by atoms with Crippen LogP contribution in [-0.4, -0.2) is 44.0 Å². The van der Waals surface area contributed by atoms with Gasteiger partial charge in [0.25, 0.3) is 5.91 Å². The largest absolute Gasteiger partial charge is 0.449 e. The second-order valence-corrected chi connectivity index (χ2v) is 11.4. The summed E-state index contributed by atoms with van der Waals surface area (Å²) in [6, 6.07) is 2.79. The molecule has 1 rings (SSSR count). The van der Waals surface area contributed by atoms with Crippen LogP contribution >= 0.6 is 0 Å². The molecule has 0 aromatic rings.